The second kappa shape index (κ2) is 10.5. The van der Waals surface area contributed by atoms with Gasteiger partial charge in [0.1, 0.15) is 0 Å². The zero-order chi connectivity index (χ0) is 18.9. The number of nitrogens with one attached hydrogen (secondary N) is 1. The Morgan fingerprint density at radius 3 is 2.46 bits per heavy atom. The lowest BCUT2D eigenvalue weighted by atomic mass is 10.1. The fraction of sp³-hybridized carbons (Fsp3) is 0.400. The van der Waals surface area contributed by atoms with Gasteiger partial charge in [0.15, 0.2) is 5.78 Å². The van der Waals surface area contributed by atoms with Gasteiger partial charge in [-0.1, -0.05) is 43.6 Å². The molecule has 1 heterocycles. The van der Waals surface area contributed by atoms with Crippen molar-refractivity contribution in [2.45, 2.75) is 32.7 Å². The third kappa shape index (κ3) is 5.66. The van der Waals surface area contributed by atoms with Crippen LogP contribution in [0.4, 0.5) is 0 Å². The van der Waals surface area contributed by atoms with Gasteiger partial charge in [0.25, 0.3) is 0 Å². The summed E-state index contributed by atoms with van der Waals surface area (Å²) >= 11 is 7.73. The minimum Gasteiger partial charge on any atom is -0.354 e. The number of carbonyl (C=O) groups is 2. The molecule has 4 nitrogen and oxygen atoms in total. The average molecular weight is 393 g/mol. The van der Waals surface area contributed by atoms with Crippen molar-refractivity contribution in [3.05, 3.63) is 57.2 Å². The number of likely N-dealkylation sites (N-methyl/N-ethyl adjacent to an activating group) is 1. The Bertz CT molecular complexity index is 714. The van der Waals surface area contributed by atoms with Crippen molar-refractivity contribution < 1.29 is 9.59 Å². The molecule has 0 spiro atoms. The molecule has 1 amide bonds. The van der Waals surface area contributed by atoms with Crippen LogP contribution in [0, 0.1) is 0 Å². The van der Waals surface area contributed by atoms with Crippen molar-refractivity contribution in [2.75, 3.05) is 19.6 Å². The number of benzene rings is 1. The van der Waals surface area contributed by atoms with E-state index in [1.54, 1.807) is 35.6 Å². The summed E-state index contributed by atoms with van der Waals surface area (Å²) in [5.41, 5.74) is 0.474. The van der Waals surface area contributed by atoms with E-state index in [0.717, 1.165) is 13.1 Å². The van der Waals surface area contributed by atoms with Crippen molar-refractivity contribution in [3.8, 4) is 0 Å². The molecule has 0 aliphatic rings. The molecule has 0 aliphatic carbocycles. The number of thiophene rings is 1. The molecule has 2 aromatic rings. The zero-order valence-corrected chi connectivity index (χ0v) is 16.8. The van der Waals surface area contributed by atoms with Gasteiger partial charge >= 0.3 is 0 Å². The molecule has 1 aromatic heterocycles. The maximum atomic E-state index is 12.2. The first-order valence-electron chi connectivity index (χ1n) is 8.88. The zero-order valence-electron chi connectivity index (χ0n) is 15.2. The Kier molecular flexibility index (Phi) is 8.29. The summed E-state index contributed by atoms with van der Waals surface area (Å²) in [4.78, 5) is 28.0. The molecular formula is C20H25ClN2O2S. The molecule has 0 bridgehead atoms. The Hall–Kier alpha value is -1.69. The number of halogens is 1. The number of rotatable bonds is 10. The second-order valence-corrected chi connectivity index (χ2v) is 7.35. The normalized spacial score (nSPS) is 12.2. The molecule has 1 unspecified atom stereocenters. The van der Waals surface area contributed by atoms with Crippen molar-refractivity contribution in [1.82, 2.24) is 10.2 Å². The summed E-state index contributed by atoms with van der Waals surface area (Å²) < 4.78 is 0. The Morgan fingerprint density at radius 2 is 1.85 bits per heavy atom. The number of nitrogens with zero attached hydrogens (tertiary/aromatic N) is 1. The molecule has 0 saturated heterocycles. The maximum Gasteiger partial charge on any atom is 0.220 e. The van der Waals surface area contributed by atoms with Gasteiger partial charge in [-0.3, -0.25) is 14.5 Å². The summed E-state index contributed by atoms with van der Waals surface area (Å²) in [5, 5.41) is 5.46. The monoisotopic (exact) mass is 392 g/mol. The largest absolute Gasteiger partial charge is 0.354 e. The van der Waals surface area contributed by atoms with Crippen molar-refractivity contribution >= 4 is 34.6 Å². The predicted molar refractivity (Wildman–Crippen MR) is 108 cm³/mol. The summed E-state index contributed by atoms with van der Waals surface area (Å²) in [5.74, 6) is -0.219. The standard InChI is InChI=1S/C20H25ClN2O2S/c1-3-23(4-2)17(19-10-7-13-26-19)14-22-20(25)12-11-18(24)15-8-5-6-9-16(15)21/h5-10,13,17H,3-4,11-12,14H2,1-2H3,(H,22,25). The lowest BCUT2D eigenvalue weighted by Gasteiger charge is -2.29. The van der Waals surface area contributed by atoms with Crippen LogP contribution in [0.1, 0.15) is 48.0 Å². The first kappa shape index (κ1) is 20.6. The summed E-state index contributed by atoms with van der Waals surface area (Å²) in [6, 6.07) is 11.2. The highest BCUT2D eigenvalue weighted by molar-refractivity contribution is 7.10. The van der Waals surface area contributed by atoms with Gasteiger partial charge in [-0.2, -0.15) is 0 Å². The van der Waals surface area contributed by atoms with E-state index in [9.17, 15) is 9.59 Å². The molecule has 1 aromatic carbocycles. The second-order valence-electron chi connectivity index (χ2n) is 5.96. The SMILES string of the molecule is CCN(CC)C(CNC(=O)CCC(=O)c1ccccc1Cl)c1cccs1. The smallest absolute Gasteiger partial charge is 0.220 e. The summed E-state index contributed by atoms with van der Waals surface area (Å²) in [7, 11) is 0. The first-order chi connectivity index (χ1) is 12.6. The Morgan fingerprint density at radius 1 is 1.12 bits per heavy atom. The Labute approximate surface area is 164 Å². The molecule has 0 aliphatic heterocycles. The molecule has 0 radical (unpaired) electrons. The van der Waals surface area contributed by atoms with Gasteiger partial charge < -0.3 is 5.32 Å². The van der Waals surface area contributed by atoms with Crippen molar-refractivity contribution in [3.63, 3.8) is 0 Å². The molecule has 0 fully saturated rings. The molecule has 1 N–H and O–H groups in total. The number of hydrogen-bond acceptors (Lipinski definition) is 4. The maximum absolute atomic E-state index is 12.2. The Balaban J connectivity index is 1.88. The lowest BCUT2D eigenvalue weighted by molar-refractivity contribution is -0.121. The molecule has 2 rings (SSSR count). The topological polar surface area (TPSA) is 49.4 Å². The average Bonchev–Trinajstić information content (AvgIpc) is 3.18. The predicted octanol–water partition coefficient (Wildman–Crippen LogP) is 4.56. The number of hydrogen-bond donors (Lipinski definition) is 1. The van der Waals surface area contributed by atoms with Crippen LogP contribution in [-0.4, -0.2) is 36.2 Å². The van der Waals surface area contributed by atoms with Gasteiger partial charge in [0, 0.05) is 29.8 Å². The van der Waals surface area contributed by atoms with Gasteiger partial charge in [-0.05, 0) is 36.7 Å². The van der Waals surface area contributed by atoms with Crippen molar-refractivity contribution in [2.24, 2.45) is 0 Å². The number of ketones is 1. The molecule has 6 heteroatoms. The lowest BCUT2D eigenvalue weighted by Crippen LogP contribution is -2.37. The summed E-state index contributed by atoms with van der Waals surface area (Å²) in [6.45, 7) is 6.61. The highest BCUT2D eigenvalue weighted by atomic mass is 35.5. The van der Waals surface area contributed by atoms with E-state index < -0.39 is 0 Å². The highest BCUT2D eigenvalue weighted by Gasteiger charge is 2.20. The molecule has 140 valence electrons. The van der Waals surface area contributed by atoms with Crippen LogP contribution in [0.15, 0.2) is 41.8 Å². The summed E-state index contributed by atoms with van der Waals surface area (Å²) in [6.07, 6.45) is 0.323. The van der Waals surface area contributed by atoms with Gasteiger partial charge in [0.2, 0.25) is 5.91 Å². The van der Waals surface area contributed by atoms with E-state index in [2.05, 4.69) is 35.5 Å². The van der Waals surface area contributed by atoms with E-state index in [-0.39, 0.29) is 30.6 Å². The molecule has 26 heavy (non-hydrogen) atoms. The van der Waals surface area contributed by atoms with E-state index in [4.69, 9.17) is 11.6 Å². The van der Waals surface area contributed by atoms with Gasteiger partial charge in [0.05, 0.1) is 11.1 Å². The minimum absolute atomic E-state index is 0.107. The fourth-order valence-corrected chi connectivity index (χ4v) is 4.00. The number of carbonyl (C=O) groups excluding carboxylic acids is 2. The van der Waals surface area contributed by atoms with Gasteiger partial charge in [-0.25, -0.2) is 0 Å². The molecule has 1 atom stereocenters. The van der Waals surface area contributed by atoms with Gasteiger partial charge in [-0.15, -0.1) is 11.3 Å². The minimum atomic E-state index is -0.112. The van der Waals surface area contributed by atoms with Crippen LogP contribution in [0.25, 0.3) is 0 Å². The van der Waals surface area contributed by atoms with Crippen LogP contribution in [0.3, 0.4) is 0 Å². The van der Waals surface area contributed by atoms with Crippen LogP contribution in [0.5, 0.6) is 0 Å². The van der Waals surface area contributed by atoms with Crippen LogP contribution >= 0.6 is 22.9 Å². The molecular weight excluding hydrogens is 368 g/mol. The third-order valence-corrected chi connectivity index (χ3v) is 5.67. The van der Waals surface area contributed by atoms with Crippen LogP contribution in [0.2, 0.25) is 5.02 Å². The van der Waals surface area contributed by atoms with E-state index in [1.165, 1.54) is 4.88 Å². The number of amides is 1. The fourth-order valence-electron chi connectivity index (χ4n) is 2.90. The van der Waals surface area contributed by atoms with Crippen molar-refractivity contribution in [1.29, 1.82) is 0 Å². The molecule has 0 saturated carbocycles. The quantitative estimate of drug-likeness (QED) is 0.603. The van der Waals surface area contributed by atoms with E-state index in [0.29, 0.717) is 17.1 Å². The third-order valence-electron chi connectivity index (χ3n) is 4.37. The van der Waals surface area contributed by atoms with E-state index in [1.807, 2.05) is 6.07 Å². The van der Waals surface area contributed by atoms with Crippen LogP contribution < -0.4 is 5.32 Å². The highest BCUT2D eigenvalue weighted by Crippen LogP contribution is 2.24. The van der Waals surface area contributed by atoms with Crippen LogP contribution in [-0.2, 0) is 4.79 Å². The first-order valence-corrected chi connectivity index (χ1v) is 10.1. The number of Topliss-reactive ketones (excluding diaryl/α,β-unsaturated/α-hetero) is 1. The van der Waals surface area contributed by atoms with E-state index >= 15 is 0 Å².